The van der Waals surface area contributed by atoms with Crippen molar-refractivity contribution in [3.63, 3.8) is 0 Å². The molecule has 0 saturated heterocycles. The van der Waals surface area contributed by atoms with Gasteiger partial charge in [0.15, 0.2) is 0 Å². The Balaban J connectivity index is -0.0000000647. The van der Waals surface area contributed by atoms with Crippen molar-refractivity contribution in [3.8, 4) is 0 Å². The summed E-state index contributed by atoms with van der Waals surface area (Å²) in [7, 11) is 0. The molecule has 0 spiro atoms. The predicted molar refractivity (Wildman–Crippen MR) is 77.5 cm³/mol. The number of allylic oxidation sites excluding steroid dienone is 2. The Kier molecular flexibility index (Phi) is 59.9. The van der Waals surface area contributed by atoms with E-state index in [-0.39, 0.29) is 0 Å². The fraction of sp³-hybridized carbons (Fsp3) is 0.867. The van der Waals surface area contributed by atoms with Crippen LogP contribution in [0.4, 0.5) is 0 Å². The Morgan fingerprint density at radius 2 is 1.20 bits per heavy atom. The van der Waals surface area contributed by atoms with Gasteiger partial charge in [0.1, 0.15) is 0 Å². The third-order valence-electron chi connectivity index (χ3n) is 1.34. The van der Waals surface area contributed by atoms with E-state index in [4.69, 9.17) is 0 Å². The minimum absolute atomic E-state index is 0.816. The van der Waals surface area contributed by atoms with Crippen molar-refractivity contribution in [3.05, 3.63) is 12.2 Å². The molecule has 0 aliphatic heterocycles. The highest BCUT2D eigenvalue weighted by Crippen LogP contribution is 1.98. The monoisotopic (exact) mass is 216 g/mol. The smallest absolute Gasteiger partial charge is 0.0328 e. The first-order chi connectivity index (χ1) is 7.18. The summed E-state index contributed by atoms with van der Waals surface area (Å²) in [4.78, 5) is 0. The molecule has 0 rings (SSSR count). The maximum atomic E-state index is 2.22. The quantitative estimate of drug-likeness (QED) is 0.474. The van der Waals surface area contributed by atoms with Gasteiger partial charge in [0.05, 0.1) is 0 Å². The molecule has 0 nitrogen and oxygen atoms in total. The van der Waals surface area contributed by atoms with Crippen molar-refractivity contribution in [1.29, 1.82) is 0 Å². The molecule has 0 aromatic carbocycles. The summed E-state index contributed by atoms with van der Waals surface area (Å²) in [5.41, 5.74) is 0. The van der Waals surface area contributed by atoms with Crippen LogP contribution in [0.25, 0.3) is 0 Å². The topological polar surface area (TPSA) is 0 Å². The third-order valence-corrected chi connectivity index (χ3v) is 1.34. The van der Waals surface area contributed by atoms with Crippen LogP contribution in [0.15, 0.2) is 12.2 Å². The van der Waals surface area contributed by atoms with Gasteiger partial charge in [-0.15, -0.1) is 0 Å². The van der Waals surface area contributed by atoms with Crippen LogP contribution in [-0.4, -0.2) is 0 Å². The minimum Gasteiger partial charge on any atom is -0.0917 e. The van der Waals surface area contributed by atoms with Gasteiger partial charge in [-0.3, -0.25) is 0 Å². The lowest BCUT2D eigenvalue weighted by atomic mass is 10.1. The van der Waals surface area contributed by atoms with Crippen molar-refractivity contribution >= 4 is 0 Å². The van der Waals surface area contributed by atoms with Crippen LogP contribution in [0.3, 0.4) is 0 Å². The normalized spacial score (nSPS) is 8.13. The number of unbranched alkanes of at least 4 members (excludes halogenated alkanes) is 1. The Morgan fingerprint density at radius 3 is 1.27 bits per heavy atom. The first-order valence-electron chi connectivity index (χ1n) is 6.80. The van der Waals surface area contributed by atoms with E-state index >= 15 is 0 Å². The molecule has 15 heavy (non-hydrogen) atoms. The van der Waals surface area contributed by atoms with Gasteiger partial charge >= 0.3 is 0 Å². The van der Waals surface area contributed by atoms with E-state index in [1.807, 2.05) is 27.7 Å². The second-order valence-corrected chi connectivity index (χ2v) is 3.20. The predicted octanol–water partition coefficient (Wildman–Crippen LogP) is 6.47. The summed E-state index contributed by atoms with van der Waals surface area (Å²) in [5.74, 6) is 0.816. The molecule has 0 N–H and O–H groups in total. The summed E-state index contributed by atoms with van der Waals surface area (Å²) >= 11 is 0. The molecule has 0 aromatic rings. The third kappa shape index (κ3) is 84.3. The van der Waals surface area contributed by atoms with Crippen molar-refractivity contribution in [1.82, 2.24) is 0 Å². The van der Waals surface area contributed by atoms with E-state index in [0.717, 1.165) is 5.92 Å². The van der Waals surface area contributed by atoms with Crippen molar-refractivity contribution in [2.75, 3.05) is 0 Å². The number of hydrogen-bond acceptors (Lipinski definition) is 0. The molecule has 0 amide bonds. The molecule has 0 radical (unpaired) electrons. The highest BCUT2D eigenvalue weighted by atomic mass is 13.9. The van der Waals surface area contributed by atoms with Crippen LogP contribution in [0.2, 0.25) is 0 Å². The van der Waals surface area contributed by atoms with Gasteiger partial charge in [-0.05, 0) is 19.3 Å². The Bertz CT molecular complexity index is 68.1. The average Bonchev–Trinajstić information content (AvgIpc) is 2.32. The van der Waals surface area contributed by atoms with E-state index in [1.54, 1.807) is 0 Å². The van der Waals surface area contributed by atoms with E-state index in [2.05, 4.69) is 46.8 Å². The van der Waals surface area contributed by atoms with Gasteiger partial charge in [-0.25, -0.2) is 0 Å². The van der Waals surface area contributed by atoms with E-state index in [9.17, 15) is 0 Å². The molecule has 0 saturated carbocycles. The van der Waals surface area contributed by atoms with Crippen LogP contribution in [0.5, 0.6) is 0 Å². The highest BCUT2D eigenvalue weighted by molar-refractivity contribution is 4.77. The molecule has 0 heteroatoms. The maximum Gasteiger partial charge on any atom is -0.0328 e. The van der Waals surface area contributed by atoms with Crippen LogP contribution in [0, 0.1) is 5.92 Å². The summed E-state index contributed by atoms with van der Waals surface area (Å²) in [6.45, 7) is 18.9. The number of rotatable bonds is 3. The van der Waals surface area contributed by atoms with Crippen molar-refractivity contribution < 1.29 is 0 Å². The Labute approximate surface area is 100 Å². The molecule has 96 valence electrons. The zero-order valence-electron chi connectivity index (χ0n) is 12.9. The minimum atomic E-state index is 0.816. The molecule has 0 fully saturated rings. The number of hydrogen-bond donors (Lipinski definition) is 0. The Morgan fingerprint density at radius 1 is 0.867 bits per heavy atom. The van der Waals surface area contributed by atoms with Crippen molar-refractivity contribution in [2.24, 2.45) is 5.92 Å². The van der Waals surface area contributed by atoms with E-state index in [1.165, 1.54) is 19.3 Å². The average molecular weight is 216 g/mol. The molecule has 0 aliphatic rings. The molecule has 0 aromatic heterocycles. The van der Waals surface area contributed by atoms with Gasteiger partial charge in [0.25, 0.3) is 0 Å². The molecule has 0 heterocycles. The van der Waals surface area contributed by atoms with Gasteiger partial charge in [0, 0.05) is 0 Å². The van der Waals surface area contributed by atoms with Gasteiger partial charge < -0.3 is 0 Å². The standard InChI is InChI=1S/C7H14.C4H10.2C2H6/c1-4-5-6-7(2)3;1-3-4-2;2*1-2/h4-5,7H,6H2,1-3H3;3-4H2,1-2H3;2*1-2H3/b5-4+;;;. The van der Waals surface area contributed by atoms with Crippen molar-refractivity contribution in [2.45, 2.75) is 81.6 Å². The molecule has 0 bridgehead atoms. The van der Waals surface area contributed by atoms with E-state index in [0.29, 0.717) is 0 Å². The van der Waals surface area contributed by atoms with Crippen LogP contribution >= 0.6 is 0 Å². The summed E-state index contributed by atoms with van der Waals surface area (Å²) < 4.78 is 0. The van der Waals surface area contributed by atoms with Gasteiger partial charge in [-0.1, -0.05) is 80.4 Å². The van der Waals surface area contributed by atoms with E-state index < -0.39 is 0 Å². The van der Waals surface area contributed by atoms with Crippen LogP contribution < -0.4 is 0 Å². The zero-order chi connectivity index (χ0) is 13.1. The molecule has 0 unspecified atom stereocenters. The SMILES string of the molecule is C/C=C/CC(C)C.CC.CC.CCCC. The molecular weight excluding hydrogens is 180 g/mol. The summed E-state index contributed by atoms with van der Waals surface area (Å²) in [5, 5.41) is 0. The highest BCUT2D eigenvalue weighted by Gasteiger charge is 1.83. The second kappa shape index (κ2) is 37.2. The molecule has 0 atom stereocenters. The zero-order valence-corrected chi connectivity index (χ0v) is 12.9. The largest absolute Gasteiger partial charge is 0.0917 e. The summed E-state index contributed by atoms with van der Waals surface area (Å²) in [6.07, 6.45) is 8.15. The summed E-state index contributed by atoms with van der Waals surface area (Å²) in [6, 6.07) is 0. The fourth-order valence-corrected chi connectivity index (χ4v) is 0.408. The fourth-order valence-electron chi connectivity index (χ4n) is 0.408. The lowest BCUT2D eigenvalue weighted by Crippen LogP contribution is -1.79. The van der Waals surface area contributed by atoms with Gasteiger partial charge in [0.2, 0.25) is 0 Å². The molecule has 0 aliphatic carbocycles. The maximum absolute atomic E-state index is 2.22. The van der Waals surface area contributed by atoms with Crippen LogP contribution in [0.1, 0.15) is 81.6 Å². The first-order valence-corrected chi connectivity index (χ1v) is 6.80. The second-order valence-electron chi connectivity index (χ2n) is 3.20. The lowest BCUT2D eigenvalue weighted by Gasteiger charge is -1.93. The lowest BCUT2D eigenvalue weighted by molar-refractivity contribution is 0.663. The van der Waals surface area contributed by atoms with Crippen LogP contribution in [-0.2, 0) is 0 Å². The molecular formula is C15H36. The Hall–Kier alpha value is -0.260. The first kappa shape index (κ1) is 24.1. The van der Waals surface area contributed by atoms with Gasteiger partial charge in [-0.2, -0.15) is 0 Å².